The lowest BCUT2D eigenvalue weighted by Gasteiger charge is -2.31. The molecule has 0 unspecified atom stereocenters. The summed E-state index contributed by atoms with van der Waals surface area (Å²) < 4.78 is 0. The van der Waals surface area contributed by atoms with Crippen LogP contribution in [-0.2, 0) is 5.41 Å². The molecule has 0 bridgehead atoms. The normalized spacial score (nSPS) is 13.1. The Kier molecular flexibility index (Phi) is 6.66. The predicted molar refractivity (Wildman–Crippen MR) is 229 cm³/mol. The van der Waals surface area contributed by atoms with E-state index in [2.05, 4.69) is 207 Å². The summed E-state index contributed by atoms with van der Waals surface area (Å²) in [6, 6.07) is 69.8. The van der Waals surface area contributed by atoms with Crippen LogP contribution in [0.15, 0.2) is 188 Å². The van der Waals surface area contributed by atoms with Crippen LogP contribution in [0.5, 0.6) is 0 Å². The van der Waals surface area contributed by atoms with E-state index in [9.17, 15) is 0 Å². The highest BCUT2D eigenvalue weighted by Crippen LogP contribution is 2.56. The Morgan fingerprint density at radius 1 is 0.352 bits per heavy atom. The Bertz CT molecular complexity index is 2950. The van der Waals surface area contributed by atoms with Crippen molar-refractivity contribution in [3.05, 3.63) is 199 Å². The molecule has 2 aliphatic rings. The highest BCUT2D eigenvalue weighted by Gasteiger charge is 2.36. The molecule has 0 fully saturated rings. The van der Waals surface area contributed by atoms with E-state index in [0.29, 0.717) is 0 Å². The number of benzene rings is 9. The van der Waals surface area contributed by atoms with Crippen LogP contribution in [0.2, 0.25) is 0 Å². The average molecular weight is 688 g/mol. The molecule has 0 amide bonds. The number of fused-ring (bicyclic) bond motifs is 10. The molecule has 0 aliphatic heterocycles. The Labute approximate surface area is 316 Å². The molecule has 9 aromatic rings. The number of anilines is 3. The summed E-state index contributed by atoms with van der Waals surface area (Å²) in [6.07, 6.45) is 0. The number of hydrogen-bond acceptors (Lipinski definition) is 1. The largest absolute Gasteiger partial charge is 0.309 e. The summed E-state index contributed by atoms with van der Waals surface area (Å²) in [6.45, 7) is 4.74. The van der Waals surface area contributed by atoms with Crippen molar-refractivity contribution in [3.63, 3.8) is 0 Å². The minimum absolute atomic E-state index is 0.127. The van der Waals surface area contributed by atoms with Crippen LogP contribution in [0.3, 0.4) is 0 Å². The molecule has 0 heterocycles. The van der Waals surface area contributed by atoms with Crippen molar-refractivity contribution < 1.29 is 0 Å². The Balaban J connectivity index is 1.25. The highest BCUT2D eigenvalue weighted by atomic mass is 15.1. The average Bonchev–Trinajstić information content (AvgIpc) is 3.37. The fourth-order valence-corrected chi connectivity index (χ4v) is 9.51. The van der Waals surface area contributed by atoms with Gasteiger partial charge in [-0.3, -0.25) is 0 Å². The minimum atomic E-state index is -0.127. The van der Waals surface area contributed by atoms with Gasteiger partial charge in [0.05, 0.1) is 5.69 Å². The quantitative estimate of drug-likeness (QED) is 0.167. The summed E-state index contributed by atoms with van der Waals surface area (Å²) in [7, 11) is 0. The summed E-state index contributed by atoms with van der Waals surface area (Å²) in [5, 5.41) is 5.02. The van der Waals surface area contributed by atoms with Gasteiger partial charge in [-0.25, -0.2) is 0 Å². The van der Waals surface area contributed by atoms with Gasteiger partial charge in [0.25, 0.3) is 0 Å². The van der Waals surface area contributed by atoms with Crippen molar-refractivity contribution in [2.45, 2.75) is 19.3 Å². The maximum atomic E-state index is 2.53. The first-order valence-corrected chi connectivity index (χ1v) is 18.9. The van der Waals surface area contributed by atoms with Gasteiger partial charge in [0.2, 0.25) is 0 Å². The maximum Gasteiger partial charge on any atom is 0.0619 e. The van der Waals surface area contributed by atoms with Crippen molar-refractivity contribution >= 4 is 38.6 Å². The number of hydrogen-bond donors (Lipinski definition) is 0. The van der Waals surface area contributed by atoms with Gasteiger partial charge >= 0.3 is 0 Å². The van der Waals surface area contributed by atoms with Crippen LogP contribution in [0.25, 0.3) is 77.2 Å². The van der Waals surface area contributed by atoms with E-state index in [1.54, 1.807) is 0 Å². The molecule has 0 radical (unpaired) electrons. The van der Waals surface area contributed by atoms with E-state index in [-0.39, 0.29) is 5.41 Å². The Hall–Kier alpha value is -6.70. The SMILES string of the molecule is CC1(C)c2ccccc2-c2ccc(N(c3ccc(-c4ccccc4)cc3)c3c4ccccc4c4c5c(cccc35)-c3ccccc3-c3ccccc3-4)cc21. The third kappa shape index (κ3) is 4.39. The Morgan fingerprint density at radius 2 is 0.870 bits per heavy atom. The molecule has 2 aliphatic carbocycles. The molecule has 1 nitrogen and oxygen atoms in total. The lowest BCUT2D eigenvalue weighted by molar-refractivity contribution is 0.660. The first-order valence-electron chi connectivity index (χ1n) is 18.9. The zero-order valence-electron chi connectivity index (χ0n) is 30.3. The van der Waals surface area contributed by atoms with E-state index in [1.165, 1.54) is 94.0 Å². The number of nitrogens with zero attached hydrogens (tertiary/aromatic N) is 1. The van der Waals surface area contributed by atoms with Crippen molar-refractivity contribution in [3.8, 4) is 55.6 Å². The van der Waals surface area contributed by atoms with Crippen LogP contribution < -0.4 is 4.90 Å². The van der Waals surface area contributed by atoms with Crippen LogP contribution in [-0.4, -0.2) is 0 Å². The molecular formula is C53H37N. The van der Waals surface area contributed by atoms with E-state index in [1.807, 2.05) is 0 Å². The smallest absolute Gasteiger partial charge is 0.0619 e. The van der Waals surface area contributed by atoms with Gasteiger partial charge in [0, 0.05) is 32.9 Å². The molecule has 0 spiro atoms. The van der Waals surface area contributed by atoms with Gasteiger partial charge in [-0.05, 0) is 96.4 Å². The molecule has 54 heavy (non-hydrogen) atoms. The monoisotopic (exact) mass is 687 g/mol. The van der Waals surface area contributed by atoms with Crippen molar-refractivity contribution in [2.75, 3.05) is 4.90 Å². The standard InChI is InChI=1S/C53H37N/c1-53(2)48-26-13-12-20-41(48)42-32-31-37(33-49(42)53)54(36-29-27-35(28-30-36)34-15-4-3-5-16-34)52-46-23-11-10-22-45(46)50-43-21-9-8-19-39(43)38-17-6-7-18-40(38)44-24-14-25-47(52)51(44)50/h3-33H,1-2H3. The maximum absolute atomic E-state index is 2.53. The zero-order chi connectivity index (χ0) is 36.0. The lowest BCUT2D eigenvalue weighted by Crippen LogP contribution is -2.17. The van der Waals surface area contributed by atoms with E-state index < -0.39 is 0 Å². The zero-order valence-corrected chi connectivity index (χ0v) is 30.3. The number of rotatable bonds is 4. The van der Waals surface area contributed by atoms with Crippen LogP contribution >= 0.6 is 0 Å². The molecule has 0 saturated carbocycles. The summed E-state index contributed by atoms with van der Waals surface area (Å²) >= 11 is 0. The Morgan fingerprint density at radius 3 is 1.63 bits per heavy atom. The summed E-state index contributed by atoms with van der Waals surface area (Å²) in [5.74, 6) is 0. The second-order valence-corrected chi connectivity index (χ2v) is 15.2. The molecule has 254 valence electrons. The van der Waals surface area contributed by atoms with Gasteiger partial charge in [0.1, 0.15) is 0 Å². The fraction of sp³-hybridized carbons (Fsp3) is 0.0566. The highest BCUT2D eigenvalue weighted by molar-refractivity contribution is 6.28. The molecule has 9 aromatic carbocycles. The van der Waals surface area contributed by atoms with Gasteiger partial charge < -0.3 is 4.90 Å². The van der Waals surface area contributed by atoms with E-state index in [0.717, 1.165) is 11.4 Å². The van der Waals surface area contributed by atoms with E-state index in [4.69, 9.17) is 0 Å². The molecule has 11 rings (SSSR count). The first kappa shape index (κ1) is 30.9. The van der Waals surface area contributed by atoms with Gasteiger partial charge in [-0.2, -0.15) is 0 Å². The summed E-state index contributed by atoms with van der Waals surface area (Å²) in [4.78, 5) is 2.53. The van der Waals surface area contributed by atoms with Crippen molar-refractivity contribution in [2.24, 2.45) is 0 Å². The van der Waals surface area contributed by atoms with Gasteiger partial charge in [0.15, 0.2) is 0 Å². The molecule has 0 saturated heterocycles. The van der Waals surface area contributed by atoms with Crippen LogP contribution in [0.4, 0.5) is 17.1 Å². The minimum Gasteiger partial charge on any atom is -0.309 e. The van der Waals surface area contributed by atoms with Gasteiger partial charge in [-0.1, -0.05) is 178 Å². The van der Waals surface area contributed by atoms with Crippen molar-refractivity contribution in [1.29, 1.82) is 0 Å². The molecular weight excluding hydrogens is 651 g/mol. The molecule has 0 N–H and O–H groups in total. The van der Waals surface area contributed by atoms with Gasteiger partial charge in [-0.15, -0.1) is 0 Å². The fourth-order valence-electron chi connectivity index (χ4n) is 9.51. The third-order valence-electron chi connectivity index (χ3n) is 12.0. The van der Waals surface area contributed by atoms with Crippen LogP contribution in [0.1, 0.15) is 25.0 Å². The molecule has 1 heteroatoms. The van der Waals surface area contributed by atoms with Crippen molar-refractivity contribution in [1.82, 2.24) is 0 Å². The second-order valence-electron chi connectivity index (χ2n) is 15.2. The lowest BCUT2D eigenvalue weighted by atomic mass is 9.82. The van der Waals surface area contributed by atoms with Crippen LogP contribution in [0, 0.1) is 0 Å². The predicted octanol–water partition coefficient (Wildman–Crippen LogP) is 14.8. The topological polar surface area (TPSA) is 3.24 Å². The third-order valence-corrected chi connectivity index (χ3v) is 12.0. The van der Waals surface area contributed by atoms with E-state index >= 15 is 0 Å². The molecule has 0 aromatic heterocycles. The first-order chi connectivity index (χ1) is 26.6. The summed E-state index contributed by atoms with van der Waals surface area (Å²) in [5.41, 5.74) is 18.8. The second kappa shape index (κ2) is 11.7. The molecule has 0 atom stereocenters.